The zero-order valence-corrected chi connectivity index (χ0v) is 25.6. The van der Waals surface area contributed by atoms with Gasteiger partial charge in [0.05, 0.1) is 33.5 Å². The van der Waals surface area contributed by atoms with E-state index in [2.05, 4.69) is 19.9 Å². The highest BCUT2D eigenvalue weighted by Gasteiger charge is 2.31. The molecular weight excluding hydrogens is 706 g/mol. The molecule has 0 saturated heterocycles. The average molecular weight is 723 g/mol. The Labute approximate surface area is 283 Å². The van der Waals surface area contributed by atoms with Crippen molar-refractivity contribution < 1.29 is 49.0 Å². The highest BCUT2D eigenvalue weighted by molar-refractivity contribution is 6.00. The van der Waals surface area contributed by atoms with Crippen molar-refractivity contribution in [2.45, 2.75) is 0 Å². The van der Waals surface area contributed by atoms with Gasteiger partial charge in [0.25, 0.3) is 0 Å². The van der Waals surface area contributed by atoms with E-state index in [9.17, 15) is 31.4 Å². The first-order valence-corrected chi connectivity index (χ1v) is 15.0. The lowest BCUT2D eigenvalue weighted by Crippen LogP contribution is -2.05. The number of benzene rings is 3. The third kappa shape index (κ3) is 4.76. The van der Waals surface area contributed by atoms with Crippen molar-refractivity contribution in [2.24, 2.45) is 0 Å². The molecule has 0 fully saturated rings. The molecule has 4 N–H and O–H groups in total. The first-order valence-electron chi connectivity index (χ1n) is 15.0. The Bertz CT molecular complexity index is 2780. The molecule has 8 bridgehead atoms. The number of aromatic amines is 3. The lowest BCUT2D eigenvalue weighted by Gasteiger charge is -2.10. The molecule has 260 valence electrons. The van der Waals surface area contributed by atoms with E-state index in [0.717, 1.165) is 0 Å². The number of fused-ring (bicyclic) bond motifs is 9. The molecule has 0 amide bonds. The highest BCUT2D eigenvalue weighted by atomic mass is 19.2. The molecule has 7 aromatic rings. The quantitative estimate of drug-likeness (QED) is 0.0832. The molecule has 0 unspecified atom stereocenters. The number of rotatable bonds is 3. The number of hydrogen-bond acceptors (Lipinski definition) is 2. The predicted octanol–water partition coefficient (Wildman–Crippen LogP) is 10.8. The molecule has 0 spiro atoms. The van der Waals surface area contributed by atoms with Crippen molar-refractivity contribution in [2.75, 3.05) is 0 Å². The van der Waals surface area contributed by atoms with Crippen LogP contribution in [0, 0.1) is 58.2 Å². The minimum absolute atomic E-state index is 0.0349. The summed E-state index contributed by atoms with van der Waals surface area (Å²) in [4.78, 5) is 13.1. The van der Waals surface area contributed by atoms with Gasteiger partial charge in [-0.1, -0.05) is 18.2 Å². The fourth-order valence-electron chi connectivity index (χ4n) is 6.29. The van der Waals surface area contributed by atoms with Crippen LogP contribution in [0.3, 0.4) is 0 Å². The van der Waals surface area contributed by atoms with Crippen molar-refractivity contribution in [3.63, 3.8) is 0 Å². The number of H-pyrrole nitrogens is 3. The molecule has 5 nitrogen and oxygen atoms in total. The van der Waals surface area contributed by atoms with E-state index in [1.165, 1.54) is 72.8 Å². The summed E-state index contributed by atoms with van der Waals surface area (Å²) in [5.41, 5.74) is -4.06. The Balaban J connectivity index is 1.61. The van der Waals surface area contributed by atoms with Gasteiger partial charge >= 0.3 is 0 Å². The summed E-state index contributed by atoms with van der Waals surface area (Å²) in [6.45, 7) is 0. The van der Waals surface area contributed by atoms with Crippen LogP contribution < -0.4 is 0 Å². The second-order valence-corrected chi connectivity index (χ2v) is 11.6. The van der Waals surface area contributed by atoms with E-state index < -0.39 is 80.4 Å². The molecule has 8 rings (SSSR count). The Morgan fingerprint density at radius 1 is 0.365 bits per heavy atom. The Morgan fingerprint density at radius 2 is 0.712 bits per heavy atom. The smallest absolute Gasteiger partial charge is 0.200 e. The molecule has 0 atom stereocenters. The maximum absolute atomic E-state index is 15.5. The third-order valence-corrected chi connectivity index (χ3v) is 8.67. The minimum atomic E-state index is -2.38. The Kier molecular flexibility index (Phi) is 7.41. The number of aromatic hydroxyl groups is 1. The van der Waals surface area contributed by atoms with Crippen LogP contribution in [0.1, 0.15) is 11.4 Å². The van der Waals surface area contributed by atoms with Crippen LogP contribution in [0.4, 0.5) is 43.9 Å². The number of phenolic OH excluding ortho intramolecular Hbond substituents is 1. The lowest BCUT2D eigenvalue weighted by molar-refractivity contribution is 0.381. The Morgan fingerprint density at radius 3 is 1.19 bits per heavy atom. The maximum atomic E-state index is 15.5. The van der Waals surface area contributed by atoms with Crippen molar-refractivity contribution in [3.05, 3.63) is 130 Å². The van der Waals surface area contributed by atoms with Crippen LogP contribution in [-0.4, -0.2) is 25.0 Å². The van der Waals surface area contributed by atoms with Gasteiger partial charge in [-0.15, -0.1) is 0 Å². The van der Waals surface area contributed by atoms with Gasteiger partial charge in [-0.25, -0.2) is 48.9 Å². The summed E-state index contributed by atoms with van der Waals surface area (Å²) < 4.78 is 149. The van der Waals surface area contributed by atoms with Crippen LogP contribution >= 0.6 is 0 Å². The molecule has 5 heterocycles. The summed E-state index contributed by atoms with van der Waals surface area (Å²) in [5, 5.41) is 10.9. The molecule has 15 heteroatoms. The fourth-order valence-corrected chi connectivity index (χ4v) is 6.29. The molecule has 1 aliphatic rings. The van der Waals surface area contributed by atoms with Crippen molar-refractivity contribution in [1.29, 1.82) is 0 Å². The van der Waals surface area contributed by atoms with E-state index in [1.807, 2.05) is 0 Å². The molecule has 52 heavy (non-hydrogen) atoms. The largest absolute Gasteiger partial charge is 0.507 e. The zero-order valence-electron chi connectivity index (χ0n) is 25.6. The summed E-state index contributed by atoms with van der Waals surface area (Å²) in [7, 11) is 0. The summed E-state index contributed by atoms with van der Waals surface area (Å²) in [6.07, 6.45) is 2.56. The first kappa shape index (κ1) is 32.7. The fraction of sp³-hybridized carbons (Fsp3) is 0. The van der Waals surface area contributed by atoms with Gasteiger partial charge in [-0.2, -0.15) is 0 Å². The van der Waals surface area contributed by atoms with Crippen LogP contribution in [0.25, 0.3) is 78.6 Å². The standard InChI is InChI=1S/C37H16F10N4O/c38-28-26(29(39)33(43)36(46)32(28)42)24-18-7-5-14(48-18)15-6-8-19(49-15)25(27-30(40)34(44)37(47)35(45)31(27)41)21-12-10-17(51-21)23(16-9-11-20(24)50-16)13-3-1-2-4-22(13)52/h1-12,48-50,52H. The summed E-state index contributed by atoms with van der Waals surface area (Å²) in [5.74, 6) is -22.4. The van der Waals surface area contributed by atoms with E-state index >= 15 is 17.6 Å². The van der Waals surface area contributed by atoms with Gasteiger partial charge in [0.2, 0.25) is 11.6 Å². The minimum Gasteiger partial charge on any atom is -0.507 e. The molecule has 0 radical (unpaired) electrons. The van der Waals surface area contributed by atoms with Crippen molar-refractivity contribution in [3.8, 4) is 39.1 Å². The number of nitrogens with one attached hydrogen (secondary N) is 3. The van der Waals surface area contributed by atoms with Gasteiger partial charge in [-0.3, -0.25) is 0 Å². The Hall–Kier alpha value is -6.51. The molecule has 1 aliphatic heterocycles. The first-order chi connectivity index (χ1) is 24.9. The van der Waals surface area contributed by atoms with E-state index in [0.29, 0.717) is 0 Å². The van der Waals surface area contributed by atoms with Gasteiger partial charge in [-0.05, 0) is 54.6 Å². The number of nitrogens with zero attached hydrogens (tertiary/aromatic N) is 1. The second-order valence-electron chi connectivity index (χ2n) is 11.6. The zero-order chi connectivity index (χ0) is 36.7. The van der Waals surface area contributed by atoms with Crippen LogP contribution in [0.15, 0.2) is 60.7 Å². The lowest BCUT2D eigenvalue weighted by atomic mass is 10.0. The second kappa shape index (κ2) is 11.8. The third-order valence-electron chi connectivity index (χ3n) is 8.67. The maximum Gasteiger partial charge on any atom is 0.200 e. The summed E-state index contributed by atoms with van der Waals surface area (Å²) in [6, 6.07) is 13.6. The van der Waals surface area contributed by atoms with Crippen molar-refractivity contribution in [1.82, 2.24) is 19.9 Å². The van der Waals surface area contributed by atoms with Crippen LogP contribution in [0.5, 0.6) is 5.75 Å². The van der Waals surface area contributed by atoms with Gasteiger partial charge < -0.3 is 20.1 Å². The number of phenols is 1. The highest BCUT2D eigenvalue weighted by Crippen LogP contribution is 2.42. The number of hydrogen-bond donors (Lipinski definition) is 4. The van der Waals surface area contributed by atoms with Gasteiger partial charge in [0, 0.05) is 44.3 Å². The summed E-state index contributed by atoms with van der Waals surface area (Å²) >= 11 is 0. The van der Waals surface area contributed by atoms with Crippen molar-refractivity contribution >= 4 is 45.3 Å². The molecule has 4 aromatic heterocycles. The topological polar surface area (TPSA) is 80.5 Å². The van der Waals surface area contributed by atoms with E-state index in [4.69, 9.17) is 0 Å². The normalized spacial score (nSPS) is 12.0. The SMILES string of the molecule is Oc1ccccc1-c1c2nc(c(-c3c(F)c(F)c(F)c(F)c3F)c3ccc([nH]3)c3ccc([nH]3)c(-c3c(F)c(F)c(F)c(F)c3F)c3ccc1[nH]3)C=C2. The molecule has 0 aliphatic carbocycles. The van der Waals surface area contributed by atoms with Crippen LogP contribution in [-0.2, 0) is 0 Å². The number of halogens is 10. The molecular formula is C37H16F10N4O. The number of aromatic nitrogens is 4. The predicted molar refractivity (Wildman–Crippen MR) is 173 cm³/mol. The number of para-hydroxylation sites is 1. The monoisotopic (exact) mass is 722 g/mol. The molecule has 3 aromatic carbocycles. The van der Waals surface area contributed by atoms with Crippen LogP contribution in [0.2, 0.25) is 0 Å². The molecule has 0 saturated carbocycles. The van der Waals surface area contributed by atoms with Gasteiger partial charge in [0.1, 0.15) is 5.75 Å². The van der Waals surface area contributed by atoms with E-state index in [1.54, 1.807) is 0 Å². The van der Waals surface area contributed by atoms with Gasteiger partial charge in [0.15, 0.2) is 46.5 Å². The van der Waals surface area contributed by atoms with E-state index in [-0.39, 0.29) is 61.4 Å². The average Bonchev–Trinajstić information content (AvgIpc) is 3.97.